The van der Waals surface area contributed by atoms with Gasteiger partial charge in [-0.15, -0.1) is 0 Å². The number of amides is 2. The standard InChI is InChI=1S/C26H30N2O4/c1-31-21-14-19-20(15-22(21)32-2)26(30)28-13-12-16-8-6-7-11-18(16)24(28)23(19)25(29)27-17-9-4-3-5-10-17/h6-8,11,14-15,17,23-24H,3-5,9-10,12-13H2,1-2H3,(H,27,29)/t23-,24+/m0/s1. The Morgan fingerprint density at radius 1 is 1.00 bits per heavy atom. The van der Waals surface area contributed by atoms with Gasteiger partial charge < -0.3 is 19.7 Å². The van der Waals surface area contributed by atoms with Gasteiger partial charge in [0.05, 0.1) is 26.2 Å². The molecule has 0 radical (unpaired) electrons. The number of nitrogens with one attached hydrogen (secondary N) is 1. The molecule has 2 aromatic rings. The van der Waals surface area contributed by atoms with Gasteiger partial charge in [0.15, 0.2) is 11.5 Å². The minimum atomic E-state index is -0.495. The topological polar surface area (TPSA) is 67.9 Å². The fourth-order valence-electron chi connectivity index (χ4n) is 5.67. The molecule has 1 fully saturated rings. The molecule has 5 rings (SSSR count). The fraction of sp³-hybridized carbons (Fsp3) is 0.462. The summed E-state index contributed by atoms with van der Waals surface area (Å²) in [4.78, 5) is 29.3. The number of hydrogen-bond acceptors (Lipinski definition) is 4. The second-order valence-electron chi connectivity index (χ2n) is 9.01. The molecule has 0 unspecified atom stereocenters. The first-order chi connectivity index (χ1) is 15.6. The van der Waals surface area contributed by atoms with Crippen LogP contribution in [0.15, 0.2) is 36.4 Å². The highest BCUT2D eigenvalue weighted by Gasteiger charge is 2.47. The Morgan fingerprint density at radius 2 is 1.72 bits per heavy atom. The third-order valence-electron chi connectivity index (χ3n) is 7.26. The number of hydrogen-bond donors (Lipinski definition) is 1. The van der Waals surface area contributed by atoms with Crippen molar-refractivity contribution in [1.29, 1.82) is 0 Å². The van der Waals surface area contributed by atoms with Gasteiger partial charge in [-0.25, -0.2) is 0 Å². The Labute approximate surface area is 188 Å². The van der Waals surface area contributed by atoms with Gasteiger partial charge in [-0.2, -0.15) is 0 Å². The highest BCUT2D eigenvalue weighted by atomic mass is 16.5. The quantitative estimate of drug-likeness (QED) is 0.790. The zero-order valence-electron chi connectivity index (χ0n) is 18.7. The van der Waals surface area contributed by atoms with Crippen LogP contribution in [0.25, 0.3) is 0 Å². The molecule has 168 valence electrons. The second-order valence-corrected chi connectivity index (χ2v) is 9.01. The molecule has 0 spiro atoms. The molecule has 1 saturated carbocycles. The Balaban J connectivity index is 1.64. The lowest BCUT2D eigenvalue weighted by Crippen LogP contribution is -2.51. The van der Waals surface area contributed by atoms with Gasteiger partial charge in [0, 0.05) is 18.2 Å². The maximum absolute atomic E-state index is 13.8. The Bertz CT molecular complexity index is 1040. The summed E-state index contributed by atoms with van der Waals surface area (Å²) in [6.07, 6.45) is 6.34. The number of carbonyl (C=O) groups excluding carboxylic acids is 2. The molecule has 6 nitrogen and oxygen atoms in total. The molecule has 2 atom stereocenters. The zero-order chi connectivity index (χ0) is 22.2. The lowest BCUT2D eigenvalue weighted by molar-refractivity contribution is -0.125. The third kappa shape index (κ3) is 3.42. The van der Waals surface area contributed by atoms with Crippen LogP contribution in [0.1, 0.15) is 71.1 Å². The van der Waals surface area contributed by atoms with E-state index < -0.39 is 5.92 Å². The van der Waals surface area contributed by atoms with E-state index in [1.165, 1.54) is 12.0 Å². The molecule has 3 aliphatic rings. The number of ether oxygens (including phenoxy) is 2. The maximum atomic E-state index is 13.8. The van der Waals surface area contributed by atoms with Crippen molar-refractivity contribution in [2.24, 2.45) is 0 Å². The van der Waals surface area contributed by atoms with Gasteiger partial charge in [-0.1, -0.05) is 43.5 Å². The van der Waals surface area contributed by atoms with Crippen LogP contribution < -0.4 is 14.8 Å². The number of methoxy groups -OCH3 is 2. The maximum Gasteiger partial charge on any atom is 0.254 e. The molecule has 1 aliphatic carbocycles. The van der Waals surface area contributed by atoms with Crippen LogP contribution in [-0.4, -0.2) is 43.5 Å². The molecule has 32 heavy (non-hydrogen) atoms. The lowest BCUT2D eigenvalue weighted by atomic mass is 9.75. The van der Waals surface area contributed by atoms with Gasteiger partial charge >= 0.3 is 0 Å². The van der Waals surface area contributed by atoms with E-state index in [1.807, 2.05) is 23.1 Å². The van der Waals surface area contributed by atoms with E-state index in [1.54, 1.807) is 20.3 Å². The van der Waals surface area contributed by atoms with Crippen molar-refractivity contribution in [1.82, 2.24) is 10.2 Å². The highest BCUT2D eigenvalue weighted by Crippen LogP contribution is 2.48. The molecular weight excluding hydrogens is 404 g/mol. The zero-order valence-corrected chi connectivity index (χ0v) is 18.7. The van der Waals surface area contributed by atoms with Crippen molar-refractivity contribution < 1.29 is 19.1 Å². The predicted octanol–water partition coefficient (Wildman–Crippen LogP) is 3.99. The largest absolute Gasteiger partial charge is 0.493 e. The molecule has 2 amide bonds. The van der Waals surface area contributed by atoms with E-state index in [0.717, 1.165) is 43.2 Å². The van der Waals surface area contributed by atoms with Crippen molar-refractivity contribution >= 4 is 11.8 Å². The van der Waals surface area contributed by atoms with Crippen molar-refractivity contribution in [3.63, 3.8) is 0 Å². The van der Waals surface area contributed by atoms with E-state index in [0.29, 0.717) is 23.6 Å². The molecule has 0 saturated heterocycles. The first-order valence-corrected chi connectivity index (χ1v) is 11.6. The summed E-state index contributed by atoms with van der Waals surface area (Å²) in [7, 11) is 3.14. The monoisotopic (exact) mass is 434 g/mol. The number of rotatable bonds is 4. The van der Waals surface area contributed by atoms with E-state index >= 15 is 0 Å². The summed E-state index contributed by atoms with van der Waals surface area (Å²) in [5, 5.41) is 3.33. The number of carbonyl (C=O) groups is 2. The Hall–Kier alpha value is -3.02. The molecule has 6 heteroatoms. The van der Waals surface area contributed by atoms with Crippen LogP contribution in [0, 0.1) is 0 Å². The van der Waals surface area contributed by atoms with Gasteiger partial charge in [0.2, 0.25) is 5.91 Å². The molecule has 2 aliphatic heterocycles. The summed E-state index contributed by atoms with van der Waals surface area (Å²) in [5.74, 6) is 0.478. The first kappa shape index (κ1) is 20.9. The fourth-order valence-corrected chi connectivity index (χ4v) is 5.67. The second kappa shape index (κ2) is 8.49. The van der Waals surface area contributed by atoms with Crippen molar-refractivity contribution in [3.05, 3.63) is 58.7 Å². The van der Waals surface area contributed by atoms with Crippen LogP contribution >= 0.6 is 0 Å². The summed E-state index contributed by atoms with van der Waals surface area (Å²) in [5.41, 5.74) is 3.53. The minimum Gasteiger partial charge on any atom is -0.493 e. The third-order valence-corrected chi connectivity index (χ3v) is 7.26. The van der Waals surface area contributed by atoms with Gasteiger partial charge in [0.25, 0.3) is 5.91 Å². The van der Waals surface area contributed by atoms with Gasteiger partial charge in [-0.05, 0) is 48.1 Å². The number of benzene rings is 2. The molecule has 2 heterocycles. The van der Waals surface area contributed by atoms with Crippen LogP contribution in [0.2, 0.25) is 0 Å². The molecule has 0 bridgehead atoms. The highest BCUT2D eigenvalue weighted by molar-refractivity contribution is 6.02. The first-order valence-electron chi connectivity index (χ1n) is 11.6. The molecule has 2 aromatic carbocycles. The van der Waals surface area contributed by atoms with Crippen LogP contribution in [0.5, 0.6) is 11.5 Å². The van der Waals surface area contributed by atoms with Crippen molar-refractivity contribution in [3.8, 4) is 11.5 Å². The van der Waals surface area contributed by atoms with Gasteiger partial charge in [-0.3, -0.25) is 9.59 Å². The average molecular weight is 435 g/mol. The number of fused-ring (bicyclic) bond motifs is 4. The summed E-state index contributed by atoms with van der Waals surface area (Å²) in [6, 6.07) is 11.6. The van der Waals surface area contributed by atoms with E-state index in [2.05, 4.69) is 17.4 Å². The van der Waals surface area contributed by atoms with Gasteiger partial charge in [0.1, 0.15) is 0 Å². The molecular formula is C26H30N2O4. The summed E-state index contributed by atoms with van der Waals surface area (Å²) in [6.45, 7) is 0.599. The van der Waals surface area contributed by atoms with E-state index in [-0.39, 0.29) is 23.9 Å². The van der Waals surface area contributed by atoms with Crippen LogP contribution in [-0.2, 0) is 11.2 Å². The van der Waals surface area contributed by atoms with E-state index in [9.17, 15) is 9.59 Å². The Kier molecular flexibility index (Phi) is 5.53. The summed E-state index contributed by atoms with van der Waals surface area (Å²) >= 11 is 0. The normalized spacial score (nSPS) is 22.4. The average Bonchev–Trinajstić information content (AvgIpc) is 2.84. The minimum absolute atomic E-state index is 0.00965. The van der Waals surface area contributed by atoms with Crippen molar-refractivity contribution in [2.75, 3.05) is 20.8 Å². The molecule has 1 N–H and O–H groups in total. The van der Waals surface area contributed by atoms with E-state index in [4.69, 9.17) is 9.47 Å². The summed E-state index contributed by atoms with van der Waals surface area (Å²) < 4.78 is 11.0. The predicted molar refractivity (Wildman–Crippen MR) is 121 cm³/mol. The van der Waals surface area contributed by atoms with Crippen LogP contribution in [0.4, 0.5) is 0 Å². The molecule has 0 aromatic heterocycles. The lowest BCUT2D eigenvalue weighted by Gasteiger charge is -2.45. The SMILES string of the molecule is COc1cc2c(cc1OC)[C@H](C(=O)NC1CCCCC1)[C@H]1c3ccccc3CCN1C2=O. The Morgan fingerprint density at radius 3 is 2.47 bits per heavy atom. The van der Waals surface area contributed by atoms with Crippen LogP contribution in [0.3, 0.4) is 0 Å². The van der Waals surface area contributed by atoms with Crippen molar-refractivity contribution in [2.45, 2.75) is 56.5 Å². The number of nitrogens with zero attached hydrogens (tertiary/aromatic N) is 1. The smallest absolute Gasteiger partial charge is 0.254 e.